The van der Waals surface area contributed by atoms with Crippen molar-refractivity contribution in [1.82, 2.24) is 4.98 Å². The summed E-state index contributed by atoms with van der Waals surface area (Å²) in [4.78, 5) is 15.8. The first-order valence-electron chi connectivity index (χ1n) is 9.36. The van der Waals surface area contributed by atoms with Crippen molar-refractivity contribution in [2.75, 3.05) is 10.8 Å². The maximum absolute atomic E-state index is 13.5. The lowest BCUT2D eigenvalue weighted by Gasteiger charge is -2.26. The molecule has 0 saturated heterocycles. The second-order valence-corrected chi connectivity index (χ2v) is 10.0. The number of sulfonamides is 1. The number of aryl methyl sites for hydroxylation is 2. The highest BCUT2D eigenvalue weighted by atomic mass is 32.2. The van der Waals surface area contributed by atoms with E-state index in [1.54, 1.807) is 57.3 Å². The van der Waals surface area contributed by atoms with Crippen LogP contribution in [0.2, 0.25) is 0 Å². The van der Waals surface area contributed by atoms with Crippen LogP contribution in [-0.2, 0) is 19.6 Å². The van der Waals surface area contributed by atoms with Gasteiger partial charge < -0.3 is 9.72 Å². The summed E-state index contributed by atoms with van der Waals surface area (Å²) in [6.07, 6.45) is 1.78. The lowest BCUT2D eigenvalue weighted by molar-refractivity contribution is -0.152. The van der Waals surface area contributed by atoms with E-state index in [0.29, 0.717) is 5.69 Å². The minimum atomic E-state index is -3.98. The fourth-order valence-electron chi connectivity index (χ4n) is 3.21. The number of nitrogens with zero attached hydrogens (tertiary/aromatic N) is 1. The average Bonchev–Trinajstić information content (AvgIpc) is 3.04. The standard InChI is InChI=1S/C22H26N2O4S/c1-15-10-16(2)12-19(11-15)29(26,27)24(14-21(25)28-22(3,4)5)18-6-7-20-17(13-18)8-9-23-20/h6-13,23H,14H2,1-5H3. The van der Waals surface area contributed by atoms with Crippen LogP contribution in [0.5, 0.6) is 0 Å². The number of hydrogen-bond donors (Lipinski definition) is 1. The molecular formula is C22H26N2O4S. The lowest BCUT2D eigenvalue weighted by Crippen LogP contribution is -2.39. The first kappa shape index (κ1) is 20.9. The largest absolute Gasteiger partial charge is 0.459 e. The Morgan fingerprint density at radius 1 is 1.03 bits per heavy atom. The second-order valence-electron chi connectivity index (χ2n) is 8.17. The second kappa shape index (κ2) is 7.55. The highest BCUT2D eigenvalue weighted by Crippen LogP contribution is 2.28. The Labute approximate surface area is 171 Å². The first-order chi connectivity index (χ1) is 13.5. The van der Waals surface area contributed by atoms with Gasteiger partial charge in [-0.05, 0) is 82.1 Å². The molecule has 0 fully saturated rings. The molecule has 3 rings (SSSR count). The third-order valence-corrected chi connectivity index (χ3v) is 6.05. The quantitative estimate of drug-likeness (QED) is 0.631. The fraction of sp³-hybridized carbons (Fsp3) is 0.318. The van der Waals surface area contributed by atoms with Crippen LogP contribution < -0.4 is 4.31 Å². The molecule has 0 aliphatic rings. The van der Waals surface area contributed by atoms with Crippen molar-refractivity contribution in [3.8, 4) is 0 Å². The van der Waals surface area contributed by atoms with Crippen molar-refractivity contribution < 1.29 is 17.9 Å². The van der Waals surface area contributed by atoms with Crippen molar-refractivity contribution in [3.63, 3.8) is 0 Å². The number of benzene rings is 2. The van der Waals surface area contributed by atoms with Crippen LogP contribution in [0.3, 0.4) is 0 Å². The van der Waals surface area contributed by atoms with Crippen LogP contribution in [0.25, 0.3) is 10.9 Å². The molecule has 0 atom stereocenters. The van der Waals surface area contributed by atoms with Gasteiger partial charge in [0.15, 0.2) is 0 Å². The normalized spacial score (nSPS) is 12.2. The van der Waals surface area contributed by atoms with Gasteiger partial charge >= 0.3 is 5.97 Å². The van der Waals surface area contributed by atoms with E-state index in [1.165, 1.54) is 0 Å². The van der Waals surface area contributed by atoms with Gasteiger partial charge in [0, 0.05) is 17.1 Å². The third kappa shape index (κ3) is 4.79. The van der Waals surface area contributed by atoms with Crippen LogP contribution in [0.1, 0.15) is 31.9 Å². The molecule has 0 amide bonds. The Morgan fingerprint density at radius 3 is 2.31 bits per heavy atom. The Morgan fingerprint density at radius 2 is 1.69 bits per heavy atom. The van der Waals surface area contributed by atoms with Crippen LogP contribution in [-0.4, -0.2) is 31.5 Å². The van der Waals surface area contributed by atoms with Gasteiger partial charge in [-0.15, -0.1) is 0 Å². The molecule has 0 aliphatic heterocycles. The van der Waals surface area contributed by atoms with Crippen molar-refractivity contribution in [3.05, 3.63) is 59.8 Å². The van der Waals surface area contributed by atoms with E-state index in [0.717, 1.165) is 26.3 Å². The molecule has 0 bridgehead atoms. The van der Waals surface area contributed by atoms with Gasteiger partial charge in [0.1, 0.15) is 12.1 Å². The SMILES string of the molecule is Cc1cc(C)cc(S(=O)(=O)N(CC(=O)OC(C)(C)C)c2ccc3[nH]ccc3c2)c1. The van der Waals surface area contributed by atoms with Crippen molar-refractivity contribution >= 4 is 32.6 Å². The number of carbonyl (C=O) groups excluding carboxylic acids is 1. The van der Waals surface area contributed by atoms with Gasteiger partial charge in [0.05, 0.1) is 10.6 Å². The van der Waals surface area contributed by atoms with Crippen molar-refractivity contribution in [2.24, 2.45) is 0 Å². The molecule has 3 aromatic rings. The summed E-state index contributed by atoms with van der Waals surface area (Å²) >= 11 is 0. The Kier molecular flexibility index (Phi) is 5.45. The smallest absolute Gasteiger partial charge is 0.327 e. The molecule has 2 aromatic carbocycles. The summed E-state index contributed by atoms with van der Waals surface area (Å²) in [6.45, 7) is 8.52. The number of esters is 1. The number of aromatic amines is 1. The van der Waals surface area contributed by atoms with E-state index < -0.39 is 28.1 Å². The number of ether oxygens (including phenoxy) is 1. The predicted octanol–water partition coefficient (Wildman–Crippen LogP) is 4.32. The Bertz CT molecular complexity index is 1140. The Balaban J connectivity index is 2.09. The van der Waals surface area contributed by atoms with Gasteiger partial charge in [0.2, 0.25) is 0 Å². The summed E-state index contributed by atoms with van der Waals surface area (Å²) in [5.41, 5.74) is 2.25. The average molecular weight is 415 g/mol. The number of carbonyl (C=O) groups is 1. The topological polar surface area (TPSA) is 79.5 Å². The molecule has 6 nitrogen and oxygen atoms in total. The molecule has 7 heteroatoms. The van der Waals surface area contributed by atoms with Gasteiger partial charge in [-0.25, -0.2) is 8.42 Å². The van der Waals surface area contributed by atoms with Crippen LogP contribution in [0.15, 0.2) is 53.6 Å². The number of rotatable bonds is 5. The molecule has 1 aromatic heterocycles. The Hall–Kier alpha value is -2.80. The van der Waals surface area contributed by atoms with E-state index in [-0.39, 0.29) is 4.90 Å². The maximum Gasteiger partial charge on any atom is 0.327 e. The number of aromatic nitrogens is 1. The minimum Gasteiger partial charge on any atom is -0.459 e. The van der Waals surface area contributed by atoms with E-state index in [9.17, 15) is 13.2 Å². The predicted molar refractivity (Wildman–Crippen MR) is 115 cm³/mol. The molecule has 154 valence electrons. The first-order valence-corrected chi connectivity index (χ1v) is 10.8. The van der Waals surface area contributed by atoms with Gasteiger partial charge in [-0.1, -0.05) is 6.07 Å². The van der Waals surface area contributed by atoms with E-state index in [4.69, 9.17) is 4.74 Å². The number of nitrogens with one attached hydrogen (secondary N) is 1. The van der Waals surface area contributed by atoms with E-state index in [1.807, 2.05) is 26.0 Å². The number of H-pyrrole nitrogens is 1. The molecule has 0 aliphatic carbocycles. The molecular weight excluding hydrogens is 388 g/mol. The molecule has 1 N–H and O–H groups in total. The van der Waals surface area contributed by atoms with Crippen LogP contribution >= 0.6 is 0 Å². The van der Waals surface area contributed by atoms with Crippen LogP contribution in [0, 0.1) is 13.8 Å². The summed E-state index contributed by atoms with van der Waals surface area (Å²) in [7, 11) is -3.98. The van der Waals surface area contributed by atoms with Gasteiger partial charge in [-0.2, -0.15) is 0 Å². The summed E-state index contributed by atoms with van der Waals surface area (Å²) < 4.78 is 33.5. The summed E-state index contributed by atoms with van der Waals surface area (Å²) in [5.74, 6) is -0.611. The zero-order valence-corrected chi connectivity index (χ0v) is 18.1. The molecule has 29 heavy (non-hydrogen) atoms. The van der Waals surface area contributed by atoms with E-state index in [2.05, 4.69) is 4.98 Å². The lowest BCUT2D eigenvalue weighted by atomic mass is 10.2. The third-order valence-electron chi connectivity index (χ3n) is 4.30. The zero-order valence-electron chi connectivity index (χ0n) is 17.3. The minimum absolute atomic E-state index is 0.146. The molecule has 0 saturated carbocycles. The maximum atomic E-state index is 13.5. The van der Waals surface area contributed by atoms with Crippen molar-refractivity contribution in [2.45, 2.75) is 45.1 Å². The number of fused-ring (bicyclic) bond motifs is 1. The highest BCUT2D eigenvalue weighted by molar-refractivity contribution is 7.92. The van der Waals surface area contributed by atoms with Gasteiger partial charge in [0.25, 0.3) is 10.0 Å². The molecule has 0 unspecified atom stereocenters. The fourth-order valence-corrected chi connectivity index (χ4v) is 4.80. The molecule has 0 spiro atoms. The van der Waals surface area contributed by atoms with Gasteiger partial charge in [-0.3, -0.25) is 9.10 Å². The summed E-state index contributed by atoms with van der Waals surface area (Å²) in [6, 6.07) is 12.2. The molecule has 1 heterocycles. The highest BCUT2D eigenvalue weighted by Gasteiger charge is 2.30. The van der Waals surface area contributed by atoms with Crippen LogP contribution in [0.4, 0.5) is 5.69 Å². The van der Waals surface area contributed by atoms with E-state index >= 15 is 0 Å². The summed E-state index contributed by atoms with van der Waals surface area (Å²) in [5, 5.41) is 0.854. The number of anilines is 1. The van der Waals surface area contributed by atoms with Crippen molar-refractivity contribution in [1.29, 1.82) is 0 Å². The monoisotopic (exact) mass is 414 g/mol. The zero-order chi connectivity index (χ0) is 21.4. The number of hydrogen-bond acceptors (Lipinski definition) is 4. The molecule has 0 radical (unpaired) electrons.